The first-order valence-corrected chi connectivity index (χ1v) is 15.5. The molecule has 0 aliphatic rings. The fourth-order valence-corrected chi connectivity index (χ4v) is 7.52. The van der Waals surface area contributed by atoms with Gasteiger partial charge in [-0.05, 0) is 54.9 Å². The normalized spacial score (nSPS) is 12.2. The number of thiocarbonyl (C=S) groups is 1. The lowest BCUT2D eigenvalue weighted by molar-refractivity contribution is 0.551. The van der Waals surface area contributed by atoms with E-state index >= 15 is 0 Å². The number of benzene rings is 6. The molecule has 6 aromatic carbocycles. The van der Waals surface area contributed by atoms with Gasteiger partial charge in [0, 0.05) is 25.5 Å². The van der Waals surface area contributed by atoms with Gasteiger partial charge in [-0.15, -0.1) is 11.8 Å². The van der Waals surface area contributed by atoms with Crippen LogP contribution < -0.4 is 0 Å². The SMILES string of the molecule is [C-]#[N+]C(C)(C)CC(SC(=S)c1ccccc1)c1ccc(-c2c3ccccc3c(-c3ccccc3)c3ccccc23)cc1. The van der Waals surface area contributed by atoms with Gasteiger partial charge >= 0.3 is 0 Å². The molecule has 0 amide bonds. The summed E-state index contributed by atoms with van der Waals surface area (Å²) < 4.78 is 0.860. The number of hydrogen-bond acceptors (Lipinski definition) is 2. The van der Waals surface area contributed by atoms with Crippen molar-refractivity contribution in [1.82, 2.24) is 0 Å². The number of fused-ring (bicyclic) bond motifs is 2. The van der Waals surface area contributed by atoms with E-state index in [0.29, 0.717) is 6.42 Å². The molecule has 1 atom stereocenters. The van der Waals surface area contributed by atoms with Crippen LogP contribution in [-0.2, 0) is 0 Å². The lowest BCUT2D eigenvalue weighted by Crippen LogP contribution is -2.18. The summed E-state index contributed by atoms with van der Waals surface area (Å²) >= 11 is 7.56. The summed E-state index contributed by atoms with van der Waals surface area (Å²) in [6, 6.07) is 47.3. The molecule has 42 heavy (non-hydrogen) atoms. The molecular weight excluding hydrogens is 547 g/mol. The summed E-state index contributed by atoms with van der Waals surface area (Å²) in [5.74, 6) is 0. The second-order valence-corrected chi connectivity index (χ2v) is 13.1. The van der Waals surface area contributed by atoms with Gasteiger partial charge in [0.1, 0.15) is 0 Å². The third-order valence-corrected chi connectivity index (χ3v) is 9.51. The molecule has 1 unspecified atom stereocenters. The Morgan fingerprint density at radius 2 is 1.07 bits per heavy atom. The van der Waals surface area contributed by atoms with Crippen LogP contribution in [-0.4, -0.2) is 9.74 Å². The van der Waals surface area contributed by atoms with E-state index in [2.05, 4.69) is 120 Å². The molecule has 0 aliphatic carbocycles. The molecule has 0 saturated heterocycles. The van der Waals surface area contributed by atoms with Crippen molar-refractivity contribution in [3.63, 3.8) is 0 Å². The van der Waals surface area contributed by atoms with Crippen LogP contribution in [0.5, 0.6) is 0 Å². The molecule has 0 heterocycles. The smallest absolute Gasteiger partial charge is 0.228 e. The molecule has 0 saturated carbocycles. The Hall–Kier alpha value is -4.23. The Morgan fingerprint density at radius 1 is 0.643 bits per heavy atom. The molecule has 3 heteroatoms. The fourth-order valence-electron chi connectivity index (χ4n) is 5.72. The molecule has 1 nitrogen and oxygen atoms in total. The second kappa shape index (κ2) is 11.9. The molecule has 0 aromatic heterocycles. The van der Waals surface area contributed by atoms with Crippen molar-refractivity contribution in [2.75, 3.05) is 0 Å². The van der Waals surface area contributed by atoms with Gasteiger partial charge in [0.2, 0.25) is 5.54 Å². The predicted molar refractivity (Wildman–Crippen MR) is 186 cm³/mol. The highest BCUT2D eigenvalue weighted by Crippen LogP contribution is 2.45. The zero-order valence-electron chi connectivity index (χ0n) is 23.7. The first-order chi connectivity index (χ1) is 20.4. The molecule has 0 radical (unpaired) electrons. The number of thioether (sulfide) groups is 1. The van der Waals surface area contributed by atoms with Crippen molar-refractivity contribution in [2.45, 2.75) is 31.1 Å². The van der Waals surface area contributed by atoms with Crippen LogP contribution in [0.15, 0.2) is 133 Å². The molecule has 204 valence electrons. The standard InChI is InChI=1S/C39H31NS2/c1-39(2,40-3)26-35(42-38(41)30-16-8-5-9-17-30)27-22-24-29(25-23-27)37-33-20-12-10-18-31(33)36(28-14-6-4-7-15-28)32-19-11-13-21-34(32)37/h4-25,35H,26H2,1-2H3. The third-order valence-electron chi connectivity index (χ3n) is 7.81. The maximum atomic E-state index is 7.77. The highest BCUT2D eigenvalue weighted by molar-refractivity contribution is 8.23. The summed E-state index contributed by atoms with van der Waals surface area (Å²) in [6.07, 6.45) is 0.713. The van der Waals surface area contributed by atoms with Gasteiger partial charge in [-0.3, -0.25) is 0 Å². The Kier molecular flexibility index (Phi) is 7.94. The minimum atomic E-state index is -0.484. The van der Waals surface area contributed by atoms with Gasteiger partial charge in [0.05, 0.1) is 4.20 Å². The van der Waals surface area contributed by atoms with Gasteiger partial charge < -0.3 is 4.85 Å². The van der Waals surface area contributed by atoms with Gasteiger partial charge in [0.25, 0.3) is 0 Å². The minimum Gasteiger partial charge on any atom is -0.311 e. The van der Waals surface area contributed by atoms with Crippen molar-refractivity contribution in [1.29, 1.82) is 0 Å². The van der Waals surface area contributed by atoms with Crippen molar-refractivity contribution in [3.05, 3.63) is 156 Å². The molecular formula is C39H31NS2. The maximum absolute atomic E-state index is 7.77. The summed E-state index contributed by atoms with van der Waals surface area (Å²) in [4.78, 5) is 3.93. The molecule has 0 aliphatic heterocycles. The molecule has 0 fully saturated rings. The van der Waals surface area contributed by atoms with E-state index in [4.69, 9.17) is 18.8 Å². The summed E-state index contributed by atoms with van der Waals surface area (Å²) in [5.41, 5.74) is 6.69. The largest absolute Gasteiger partial charge is 0.311 e. The molecule has 6 rings (SSSR count). The summed E-state index contributed by atoms with van der Waals surface area (Å²) in [6.45, 7) is 11.8. The van der Waals surface area contributed by atoms with Gasteiger partial charge in [-0.1, -0.05) is 146 Å². The maximum Gasteiger partial charge on any atom is 0.228 e. The van der Waals surface area contributed by atoms with Gasteiger partial charge in [0.15, 0.2) is 0 Å². The average Bonchev–Trinajstić information content (AvgIpc) is 3.04. The molecule has 0 bridgehead atoms. The van der Waals surface area contributed by atoms with Gasteiger partial charge in [-0.2, -0.15) is 0 Å². The quantitative estimate of drug-likeness (QED) is 0.106. The van der Waals surface area contributed by atoms with E-state index in [9.17, 15) is 0 Å². The minimum absolute atomic E-state index is 0.0739. The van der Waals surface area contributed by atoms with Crippen LogP contribution in [0.1, 0.15) is 36.6 Å². The first kappa shape index (κ1) is 27.9. The molecule has 0 spiro atoms. The Labute approximate surface area is 258 Å². The van der Waals surface area contributed by atoms with Crippen molar-refractivity contribution >= 4 is 49.7 Å². The number of nitrogens with zero attached hydrogens (tertiary/aromatic N) is 1. The van der Waals surface area contributed by atoms with Crippen molar-refractivity contribution in [3.8, 4) is 22.3 Å². The zero-order chi connectivity index (χ0) is 29.1. The second-order valence-electron chi connectivity index (χ2n) is 11.2. The van der Waals surface area contributed by atoms with Gasteiger partial charge in [-0.25, -0.2) is 6.57 Å². The first-order valence-electron chi connectivity index (χ1n) is 14.2. The van der Waals surface area contributed by atoms with Crippen LogP contribution in [0, 0.1) is 6.57 Å². The average molecular weight is 578 g/mol. The van der Waals surface area contributed by atoms with Crippen molar-refractivity contribution in [2.24, 2.45) is 0 Å². The highest BCUT2D eigenvalue weighted by Gasteiger charge is 2.30. The Balaban J connectivity index is 1.46. The Morgan fingerprint density at radius 3 is 1.55 bits per heavy atom. The number of rotatable bonds is 7. The van der Waals surface area contributed by atoms with Crippen LogP contribution in [0.4, 0.5) is 0 Å². The lowest BCUT2D eigenvalue weighted by atomic mass is 9.85. The van der Waals surface area contributed by atoms with E-state index in [1.807, 2.05) is 32.0 Å². The van der Waals surface area contributed by atoms with Crippen LogP contribution in [0.25, 0.3) is 48.6 Å². The highest BCUT2D eigenvalue weighted by atomic mass is 32.2. The number of hydrogen-bond donors (Lipinski definition) is 0. The lowest BCUT2D eigenvalue weighted by Gasteiger charge is -2.22. The monoisotopic (exact) mass is 577 g/mol. The van der Waals surface area contributed by atoms with Crippen LogP contribution in [0.3, 0.4) is 0 Å². The van der Waals surface area contributed by atoms with E-state index in [0.717, 1.165) is 9.76 Å². The Bertz CT molecular complexity index is 1860. The summed E-state index contributed by atoms with van der Waals surface area (Å²) in [5, 5.41) is 5.06. The fraction of sp³-hybridized carbons (Fsp3) is 0.128. The molecule has 6 aromatic rings. The third kappa shape index (κ3) is 5.61. The van der Waals surface area contributed by atoms with E-state index < -0.39 is 5.54 Å². The van der Waals surface area contributed by atoms with Crippen LogP contribution >= 0.6 is 24.0 Å². The van der Waals surface area contributed by atoms with Crippen molar-refractivity contribution < 1.29 is 0 Å². The van der Waals surface area contributed by atoms with E-state index in [1.165, 1.54) is 49.4 Å². The summed E-state index contributed by atoms with van der Waals surface area (Å²) in [7, 11) is 0. The van der Waals surface area contributed by atoms with E-state index in [-0.39, 0.29) is 5.25 Å². The zero-order valence-corrected chi connectivity index (χ0v) is 25.4. The predicted octanol–water partition coefficient (Wildman–Crippen LogP) is 11.6. The topological polar surface area (TPSA) is 4.36 Å². The molecule has 0 N–H and O–H groups in total. The van der Waals surface area contributed by atoms with E-state index in [1.54, 1.807) is 11.8 Å². The van der Waals surface area contributed by atoms with Crippen LogP contribution in [0.2, 0.25) is 0 Å².